The summed E-state index contributed by atoms with van der Waals surface area (Å²) in [6, 6.07) is 74.2. The number of benzene rings is 12. The molecule has 0 bridgehead atoms. The van der Waals surface area contributed by atoms with Crippen molar-refractivity contribution < 1.29 is 35.2 Å². The first-order valence-corrected chi connectivity index (χ1v) is 31.0. The number of hydrogen-bond donors (Lipinski definition) is 0. The molecule has 6 aromatic heterocycles. The van der Waals surface area contributed by atoms with Crippen LogP contribution in [0.15, 0.2) is 244 Å². The van der Waals surface area contributed by atoms with Crippen LogP contribution in [0.4, 0.5) is 0 Å². The third kappa shape index (κ3) is 8.95. The zero-order chi connectivity index (χ0) is 67.1. The Morgan fingerprint density at radius 1 is 0.286 bits per heavy atom. The van der Waals surface area contributed by atoms with Crippen molar-refractivity contribution >= 4 is 130 Å². The van der Waals surface area contributed by atoms with E-state index in [9.17, 15) is 0 Å². The van der Waals surface area contributed by atoms with Crippen molar-refractivity contribution in [3.63, 3.8) is 0 Å². The fourth-order valence-electron chi connectivity index (χ4n) is 14.3. The van der Waals surface area contributed by atoms with Crippen LogP contribution in [0.2, 0.25) is 0 Å². The molecule has 0 N–H and O–H groups in total. The van der Waals surface area contributed by atoms with E-state index in [1.54, 1.807) is 18.5 Å². The average molecular weight is 1190 g/mol. The summed E-state index contributed by atoms with van der Waals surface area (Å²) in [6.07, 6.45) is 5.53. The van der Waals surface area contributed by atoms with Gasteiger partial charge in [0.2, 0.25) is 17.1 Å². The first kappa shape index (κ1) is 49.0. The van der Waals surface area contributed by atoms with Crippen molar-refractivity contribution in [2.24, 2.45) is 21.1 Å². The standard InChI is InChI=1S/C29H24NO.2C28H22NO/c1-17-9-11-24-28-23-12-10-20-7-5-6-8-21(20)22(23)13-14-26(28)31-29(24)27(17)25-15-18(2)19(3)16-30(25)4;1-17-8-14-24(29(3)16-17)26-18(2)9-11-23-27-22-12-10-19-6-4-5-7-20(19)21(22)13-15-25(27)30-28(23)26;1-17-14-15-29(3)24(16-17)26-18(2)8-10-23-27-22-11-9-19-6-4-5-7-20(19)21(22)12-13-25(27)30-28(23)26/h5-16H,1-4H3;2*4-16H,1-3H3/q3*+1/i3D3;1D3;. The van der Waals surface area contributed by atoms with E-state index in [4.69, 9.17) is 21.5 Å². The minimum absolute atomic E-state index is 0.320. The van der Waals surface area contributed by atoms with Crippen molar-refractivity contribution in [2.45, 2.75) is 48.3 Å². The maximum atomic E-state index is 7.87. The van der Waals surface area contributed by atoms with Crippen LogP contribution in [0.3, 0.4) is 0 Å². The Morgan fingerprint density at radius 2 is 0.681 bits per heavy atom. The molecule has 0 aliphatic carbocycles. The molecule has 6 nitrogen and oxygen atoms in total. The van der Waals surface area contributed by atoms with Crippen molar-refractivity contribution in [3.8, 4) is 33.8 Å². The second-order valence-corrected chi connectivity index (χ2v) is 24.7. The smallest absolute Gasteiger partial charge is 0.216 e. The lowest BCUT2D eigenvalue weighted by Gasteiger charge is -2.08. The molecule has 0 radical (unpaired) electrons. The fraction of sp³-hybridized carbons (Fsp3) is 0.118. The van der Waals surface area contributed by atoms with Gasteiger partial charge in [-0.2, -0.15) is 0 Å². The van der Waals surface area contributed by atoms with Crippen molar-refractivity contribution in [3.05, 3.63) is 270 Å². The van der Waals surface area contributed by atoms with Crippen LogP contribution in [-0.4, -0.2) is 0 Å². The van der Waals surface area contributed by atoms with Gasteiger partial charge >= 0.3 is 0 Å². The monoisotopic (exact) mass is 1180 g/mol. The number of hydrogen-bond acceptors (Lipinski definition) is 3. The van der Waals surface area contributed by atoms with Gasteiger partial charge in [-0.15, -0.1) is 0 Å². The Hall–Kier alpha value is -11.0. The van der Waals surface area contributed by atoms with E-state index in [1.165, 1.54) is 97.8 Å². The number of aryl methyl sites for hydroxylation is 10. The van der Waals surface area contributed by atoms with Crippen LogP contribution in [-0.2, 0) is 21.1 Å². The molecule has 0 saturated carbocycles. The summed E-state index contributed by atoms with van der Waals surface area (Å²) in [5.74, 6) is 0. The number of pyridine rings is 3. The Morgan fingerprint density at radius 3 is 1.11 bits per heavy atom. The predicted octanol–water partition coefficient (Wildman–Crippen LogP) is 21.3. The highest BCUT2D eigenvalue weighted by atomic mass is 16.3. The van der Waals surface area contributed by atoms with E-state index >= 15 is 0 Å². The Kier molecular flexibility index (Phi) is 11.5. The highest BCUT2D eigenvalue weighted by Gasteiger charge is 2.26. The molecule has 6 heteroatoms. The van der Waals surface area contributed by atoms with Gasteiger partial charge in [0, 0.05) is 75.9 Å². The number of fused-ring (bicyclic) bond motifs is 21. The third-order valence-electron chi connectivity index (χ3n) is 18.9. The Labute approximate surface area is 536 Å². The Bertz CT molecular complexity index is 6350. The lowest BCUT2D eigenvalue weighted by Crippen LogP contribution is -2.31. The second-order valence-electron chi connectivity index (χ2n) is 24.7. The van der Waals surface area contributed by atoms with Crippen LogP contribution in [0.1, 0.15) is 47.2 Å². The second kappa shape index (κ2) is 21.4. The van der Waals surface area contributed by atoms with Crippen LogP contribution < -0.4 is 13.7 Å². The summed E-state index contributed by atoms with van der Waals surface area (Å²) in [4.78, 5) is 0. The highest BCUT2D eigenvalue weighted by molar-refractivity contribution is 6.27. The molecule has 18 rings (SSSR count). The van der Waals surface area contributed by atoms with E-state index in [0.29, 0.717) is 11.1 Å². The van der Waals surface area contributed by atoms with E-state index in [2.05, 4.69) is 240 Å². The van der Waals surface area contributed by atoms with Gasteiger partial charge in [-0.05, 0) is 165 Å². The summed E-state index contributed by atoms with van der Waals surface area (Å²) >= 11 is 0. The molecule has 6 heterocycles. The molecular weight excluding hydrogens is 1110 g/mol. The first-order chi connectivity index (χ1) is 46.7. The lowest BCUT2D eigenvalue weighted by atomic mass is 9.96. The molecule has 0 atom stereocenters. The molecule has 0 fully saturated rings. The molecule has 0 saturated heterocycles. The summed E-state index contributed by atoms with van der Waals surface area (Å²) in [7, 11) is 5.87. The lowest BCUT2D eigenvalue weighted by molar-refractivity contribution is -0.660. The molecule has 0 aliphatic heterocycles. The summed E-state index contributed by atoms with van der Waals surface area (Å²) < 4.78 is 72.2. The van der Waals surface area contributed by atoms with Crippen LogP contribution >= 0.6 is 0 Å². The third-order valence-corrected chi connectivity index (χ3v) is 18.9. The minimum atomic E-state index is -2.15. The number of nitrogens with zero attached hydrogens (tertiary/aromatic N) is 3. The van der Waals surface area contributed by atoms with Crippen LogP contribution in [0.25, 0.3) is 164 Å². The van der Waals surface area contributed by atoms with Gasteiger partial charge in [0.15, 0.2) is 18.6 Å². The number of rotatable bonds is 3. The van der Waals surface area contributed by atoms with Crippen molar-refractivity contribution in [1.29, 1.82) is 0 Å². The van der Waals surface area contributed by atoms with Gasteiger partial charge in [-0.3, -0.25) is 0 Å². The van der Waals surface area contributed by atoms with E-state index in [1.807, 2.05) is 42.3 Å². The molecule has 0 spiro atoms. The van der Waals surface area contributed by atoms with Gasteiger partial charge in [0.05, 0.1) is 16.7 Å². The largest absolute Gasteiger partial charge is 0.455 e. The summed E-state index contributed by atoms with van der Waals surface area (Å²) in [6.45, 7) is 6.00. The highest BCUT2D eigenvalue weighted by Crippen LogP contribution is 2.45. The fourth-order valence-corrected chi connectivity index (χ4v) is 14.3. The van der Waals surface area contributed by atoms with Gasteiger partial charge in [0.1, 0.15) is 54.6 Å². The summed E-state index contributed by atoms with van der Waals surface area (Å²) in [5.41, 5.74) is 17.5. The van der Waals surface area contributed by atoms with E-state index < -0.39 is 13.7 Å². The molecule has 91 heavy (non-hydrogen) atoms. The average Bonchev–Trinajstić information content (AvgIpc) is 1.63. The minimum Gasteiger partial charge on any atom is -0.455 e. The molecule has 438 valence electrons. The number of furan rings is 3. The topological polar surface area (TPSA) is 51.1 Å². The molecule has 0 amide bonds. The molecule has 0 aliphatic rings. The molecule has 18 aromatic rings. The van der Waals surface area contributed by atoms with E-state index in [-0.39, 0.29) is 0 Å². The predicted molar refractivity (Wildman–Crippen MR) is 379 cm³/mol. The quantitative estimate of drug-likeness (QED) is 0.131. The maximum absolute atomic E-state index is 7.87. The zero-order valence-corrected chi connectivity index (χ0v) is 52.0. The van der Waals surface area contributed by atoms with Gasteiger partial charge in [-0.1, -0.05) is 164 Å². The van der Waals surface area contributed by atoms with Gasteiger partial charge in [0.25, 0.3) is 0 Å². The van der Waals surface area contributed by atoms with Crippen LogP contribution in [0.5, 0.6) is 0 Å². The molecular formula is C85H68N3O3+3. The normalized spacial score (nSPS) is 13.1. The van der Waals surface area contributed by atoms with E-state index in [0.717, 1.165) is 94.2 Å². The molecule has 12 aromatic carbocycles. The number of aromatic nitrogens is 3. The van der Waals surface area contributed by atoms with Crippen molar-refractivity contribution in [2.75, 3.05) is 0 Å². The maximum Gasteiger partial charge on any atom is 0.216 e. The summed E-state index contributed by atoms with van der Waals surface area (Å²) in [5, 5.41) is 21.4. The Balaban J connectivity index is 0.000000114. The van der Waals surface area contributed by atoms with Crippen LogP contribution in [0, 0.1) is 48.3 Å². The first-order valence-electron chi connectivity index (χ1n) is 34.0. The van der Waals surface area contributed by atoms with Crippen molar-refractivity contribution in [1.82, 2.24) is 0 Å². The van der Waals surface area contributed by atoms with Gasteiger partial charge in [-0.25, -0.2) is 13.7 Å². The SMILES string of the molecule is Cc1cc[n+](C)c(-c2c(C)ccc3c2oc2ccc4c5ccccc5ccc4c23)c1.[2H]C([2H])([2H])c1c[n+](C)c(-c2c(C)ccc3c2oc2ccc4c5ccccc5ccc4c23)cc1C.[2H]C([2H])([2H])c1ccc(-c2c(C)ccc3c2oc2ccc4c5ccccc5ccc4c23)[n+](C)c1. The zero-order valence-electron chi connectivity index (χ0n) is 58.0. The molecule has 0 unspecified atom stereocenters. The van der Waals surface area contributed by atoms with Gasteiger partial charge < -0.3 is 13.3 Å².